The predicted molar refractivity (Wildman–Crippen MR) is 78.6 cm³/mol. The Kier molecular flexibility index (Phi) is 3.75. The first-order valence-corrected chi connectivity index (χ1v) is 6.75. The number of carbonyl (C=O) groups is 1. The smallest absolute Gasteiger partial charge is 0.252 e. The first-order valence-electron chi connectivity index (χ1n) is 6.34. The molecule has 0 bridgehead atoms. The minimum Gasteiger partial charge on any atom is -0.493 e. The van der Waals surface area contributed by atoms with Gasteiger partial charge in [0.05, 0.1) is 17.1 Å². The van der Waals surface area contributed by atoms with Gasteiger partial charge >= 0.3 is 0 Å². The van der Waals surface area contributed by atoms with Crippen molar-refractivity contribution in [2.45, 2.75) is 32.2 Å². The highest BCUT2D eigenvalue weighted by Crippen LogP contribution is 2.26. The summed E-state index contributed by atoms with van der Waals surface area (Å²) in [5.41, 5.74) is 6.73. The molecule has 0 aromatic heterocycles. The van der Waals surface area contributed by atoms with Crippen LogP contribution in [0.1, 0.15) is 36.2 Å². The molecule has 1 aliphatic heterocycles. The maximum absolute atomic E-state index is 12.3. The topological polar surface area (TPSA) is 64.3 Å². The molecule has 1 aromatic rings. The van der Waals surface area contributed by atoms with Crippen molar-refractivity contribution in [1.82, 2.24) is 5.32 Å². The molecule has 1 heterocycles. The standard InChI is InChI=1S/C14H18N2O2S/c1-3-14(2,13(15)19)16-12(17)10-4-5-11-9(8-10)6-7-18-11/h4-5,8H,3,6-7H2,1-2H3,(H2,15,19)(H,16,17). The van der Waals surface area contributed by atoms with Crippen LogP contribution in [0.15, 0.2) is 18.2 Å². The Balaban J connectivity index is 2.18. The average molecular weight is 278 g/mol. The zero-order chi connectivity index (χ0) is 14.0. The Morgan fingerprint density at radius 1 is 1.58 bits per heavy atom. The summed E-state index contributed by atoms with van der Waals surface area (Å²) < 4.78 is 5.42. The van der Waals surface area contributed by atoms with Gasteiger partial charge < -0.3 is 15.8 Å². The van der Waals surface area contributed by atoms with Crippen LogP contribution in [0.5, 0.6) is 5.75 Å². The summed E-state index contributed by atoms with van der Waals surface area (Å²) in [6.45, 7) is 4.46. The quantitative estimate of drug-likeness (QED) is 0.824. The van der Waals surface area contributed by atoms with E-state index in [4.69, 9.17) is 22.7 Å². The number of amides is 1. The lowest BCUT2D eigenvalue weighted by Crippen LogP contribution is -2.54. The van der Waals surface area contributed by atoms with Crippen LogP contribution in [0.3, 0.4) is 0 Å². The lowest BCUT2D eigenvalue weighted by Gasteiger charge is -2.28. The van der Waals surface area contributed by atoms with Crippen LogP contribution in [0.25, 0.3) is 0 Å². The van der Waals surface area contributed by atoms with Crippen LogP contribution < -0.4 is 15.8 Å². The summed E-state index contributed by atoms with van der Waals surface area (Å²) in [5.74, 6) is 0.705. The highest BCUT2D eigenvalue weighted by Gasteiger charge is 2.28. The molecule has 0 aliphatic carbocycles. The Bertz CT molecular complexity index is 530. The average Bonchev–Trinajstić information content (AvgIpc) is 2.85. The van der Waals surface area contributed by atoms with E-state index in [2.05, 4.69) is 5.32 Å². The van der Waals surface area contributed by atoms with E-state index in [9.17, 15) is 4.79 Å². The predicted octanol–water partition coefficient (Wildman–Crippen LogP) is 1.81. The summed E-state index contributed by atoms with van der Waals surface area (Å²) in [4.78, 5) is 12.6. The number of ether oxygens (including phenoxy) is 1. The van der Waals surface area contributed by atoms with E-state index >= 15 is 0 Å². The normalized spacial score (nSPS) is 16.1. The molecular weight excluding hydrogens is 260 g/mol. The van der Waals surface area contributed by atoms with E-state index in [-0.39, 0.29) is 5.91 Å². The van der Waals surface area contributed by atoms with E-state index in [0.29, 0.717) is 23.6 Å². The number of nitrogens with two attached hydrogens (primary N) is 1. The highest BCUT2D eigenvalue weighted by molar-refractivity contribution is 7.80. The second-order valence-corrected chi connectivity index (χ2v) is 5.36. The van der Waals surface area contributed by atoms with Crippen molar-refractivity contribution in [2.75, 3.05) is 6.61 Å². The molecule has 0 saturated carbocycles. The van der Waals surface area contributed by atoms with Gasteiger partial charge in [-0.1, -0.05) is 19.1 Å². The van der Waals surface area contributed by atoms with Gasteiger partial charge in [-0.25, -0.2) is 0 Å². The summed E-state index contributed by atoms with van der Waals surface area (Å²) >= 11 is 5.02. The monoisotopic (exact) mass is 278 g/mol. The Morgan fingerprint density at radius 2 is 2.32 bits per heavy atom. The first kappa shape index (κ1) is 13.8. The molecule has 2 rings (SSSR count). The lowest BCUT2D eigenvalue weighted by molar-refractivity contribution is 0.0926. The summed E-state index contributed by atoms with van der Waals surface area (Å²) in [6.07, 6.45) is 1.50. The molecule has 4 nitrogen and oxygen atoms in total. The second-order valence-electron chi connectivity index (χ2n) is 4.92. The molecule has 0 fully saturated rings. The molecular formula is C14H18N2O2S. The molecule has 5 heteroatoms. The SMILES string of the molecule is CCC(C)(NC(=O)c1ccc2c(c1)CCO2)C(N)=S. The third-order valence-electron chi connectivity index (χ3n) is 3.59. The van der Waals surface area contributed by atoms with Crippen molar-refractivity contribution in [3.8, 4) is 5.75 Å². The molecule has 3 N–H and O–H groups in total. The van der Waals surface area contributed by atoms with Crippen molar-refractivity contribution in [3.05, 3.63) is 29.3 Å². The van der Waals surface area contributed by atoms with Crippen molar-refractivity contribution >= 4 is 23.1 Å². The fourth-order valence-electron chi connectivity index (χ4n) is 1.97. The van der Waals surface area contributed by atoms with E-state index < -0.39 is 5.54 Å². The van der Waals surface area contributed by atoms with Crippen LogP contribution in [-0.2, 0) is 6.42 Å². The maximum atomic E-state index is 12.3. The number of thiocarbonyl (C=S) groups is 1. The molecule has 0 spiro atoms. The third kappa shape index (κ3) is 2.71. The number of rotatable bonds is 4. The fourth-order valence-corrected chi connectivity index (χ4v) is 2.17. The summed E-state index contributed by atoms with van der Waals surface area (Å²) in [5, 5.41) is 2.90. The maximum Gasteiger partial charge on any atom is 0.252 e. The van der Waals surface area contributed by atoms with Crippen LogP contribution in [0.4, 0.5) is 0 Å². The number of benzene rings is 1. The van der Waals surface area contributed by atoms with Gasteiger partial charge in [-0.2, -0.15) is 0 Å². The Hall–Kier alpha value is -1.62. The van der Waals surface area contributed by atoms with Gasteiger partial charge in [0.2, 0.25) is 0 Å². The van der Waals surface area contributed by atoms with E-state index in [0.717, 1.165) is 17.7 Å². The molecule has 1 aromatic carbocycles. The number of fused-ring (bicyclic) bond motifs is 1. The number of carbonyl (C=O) groups excluding carboxylic acids is 1. The summed E-state index contributed by atoms with van der Waals surface area (Å²) in [6, 6.07) is 5.46. The lowest BCUT2D eigenvalue weighted by atomic mass is 9.98. The van der Waals surface area contributed by atoms with Gasteiger partial charge in [-0.3, -0.25) is 4.79 Å². The second kappa shape index (κ2) is 5.17. The van der Waals surface area contributed by atoms with Gasteiger partial charge in [0.1, 0.15) is 5.75 Å². The molecule has 1 unspecified atom stereocenters. The van der Waals surface area contributed by atoms with Crippen LogP contribution in [0.2, 0.25) is 0 Å². The van der Waals surface area contributed by atoms with Gasteiger partial charge in [-0.05, 0) is 37.1 Å². The van der Waals surface area contributed by atoms with Crippen LogP contribution in [0, 0.1) is 0 Å². The number of nitrogens with one attached hydrogen (secondary N) is 1. The zero-order valence-electron chi connectivity index (χ0n) is 11.2. The highest BCUT2D eigenvalue weighted by atomic mass is 32.1. The van der Waals surface area contributed by atoms with E-state index in [1.54, 1.807) is 6.07 Å². The van der Waals surface area contributed by atoms with Gasteiger partial charge in [0.15, 0.2) is 0 Å². The van der Waals surface area contributed by atoms with E-state index in [1.165, 1.54) is 0 Å². The molecule has 19 heavy (non-hydrogen) atoms. The van der Waals surface area contributed by atoms with Crippen molar-refractivity contribution in [3.63, 3.8) is 0 Å². The minimum atomic E-state index is -0.651. The first-order chi connectivity index (χ1) is 8.96. The molecule has 0 saturated heterocycles. The number of hydrogen-bond acceptors (Lipinski definition) is 3. The van der Waals surface area contributed by atoms with Gasteiger partial charge in [0.25, 0.3) is 5.91 Å². The third-order valence-corrected chi connectivity index (χ3v) is 4.04. The molecule has 1 amide bonds. The van der Waals surface area contributed by atoms with Crippen molar-refractivity contribution in [2.24, 2.45) is 5.73 Å². The molecule has 0 radical (unpaired) electrons. The minimum absolute atomic E-state index is 0.160. The van der Waals surface area contributed by atoms with Crippen LogP contribution >= 0.6 is 12.2 Å². The van der Waals surface area contributed by atoms with Gasteiger partial charge in [0, 0.05) is 12.0 Å². The molecule has 102 valence electrons. The molecule has 1 atom stereocenters. The largest absolute Gasteiger partial charge is 0.493 e. The summed E-state index contributed by atoms with van der Waals surface area (Å²) in [7, 11) is 0. The van der Waals surface area contributed by atoms with Crippen molar-refractivity contribution in [1.29, 1.82) is 0 Å². The molecule has 1 aliphatic rings. The van der Waals surface area contributed by atoms with Gasteiger partial charge in [-0.15, -0.1) is 0 Å². The zero-order valence-corrected chi connectivity index (χ0v) is 12.0. The number of hydrogen-bond donors (Lipinski definition) is 2. The fraction of sp³-hybridized carbons (Fsp3) is 0.429. The Morgan fingerprint density at radius 3 is 2.95 bits per heavy atom. The van der Waals surface area contributed by atoms with Crippen LogP contribution in [-0.4, -0.2) is 23.0 Å². The Labute approximate surface area is 118 Å². The van der Waals surface area contributed by atoms with Crippen molar-refractivity contribution < 1.29 is 9.53 Å². The van der Waals surface area contributed by atoms with E-state index in [1.807, 2.05) is 26.0 Å².